The Kier molecular flexibility index (Phi) is 6.40. The van der Waals surface area contributed by atoms with Crippen molar-refractivity contribution >= 4 is 17.7 Å². The van der Waals surface area contributed by atoms with Gasteiger partial charge in [-0.15, -0.1) is 5.10 Å². The molecule has 1 aliphatic rings. The highest BCUT2D eigenvalue weighted by Gasteiger charge is 2.34. The van der Waals surface area contributed by atoms with Crippen molar-refractivity contribution in [3.8, 4) is 5.69 Å². The molecule has 1 heterocycles. The second-order valence-corrected chi connectivity index (χ2v) is 8.39. The number of amides is 1. The number of anilines is 1. The lowest BCUT2D eigenvalue weighted by Gasteiger charge is -2.32. The minimum atomic E-state index is -1.08. The van der Waals surface area contributed by atoms with Crippen molar-refractivity contribution in [1.82, 2.24) is 9.78 Å². The highest BCUT2D eigenvalue weighted by Crippen LogP contribution is 2.32. The van der Waals surface area contributed by atoms with Crippen LogP contribution in [0.1, 0.15) is 69.3 Å². The summed E-state index contributed by atoms with van der Waals surface area (Å²) in [5, 5.41) is 14.3. The van der Waals surface area contributed by atoms with Crippen LogP contribution in [0.4, 0.5) is 5.82 Å². The Morgan fingerprint density at radius 3 is 2.31 bits per heavy atom. The van der Waals surface area contributed by atoms with Crippen molar-refractivity contribution in [3.63, 3.8) is 0 Å². The van der Waals surface area contributed by atoms with Crippen LogP contribution in [0.25, 0.3) is 5.69 Å². The Hall–Kier alpha value is -2.63. The summed E-state index contributed by atoms with van der Waals surface area (Å²) in [6.45, 7) is 8.12. The monoisotopic (exact) mass is 397 g/mol. The van der Waals surface area contributed by atoms with Crippen LogP contribution in [0, 0.1) is 11.8 Å². The smallest absolute Gasteiger partial charge is 0.341 e. The molecule has 1 fully saturated rings. The Balaban J connectivity index is 1.97. The van der Waals surface area contributed by atoms with Crippen molar-refractivity contribution < 1.29 is 14.7 Å². The number of carbonyl (C=O) groups excluding carboxylic acids is 1. The molecule has 6 heteroatoms. The zero-order valence-corrected chi connectivity index (χ0v) is 17.8. The van der Waals surface area contributed by atoms with Crippen LogP contribution in [0.15, 0.2) is 30.5 Å². The Morgan fingerprint density at radius 1 is 1.17 bits per heavy atom. The minimum Gasteiger partial charge on any atom is -0.477 e. The van der Waals surface area contributed by atoms with Gasteiger partial charge in [0.2, 0.25) is 5.91 Å². The highest BCUT2D eigenvalue weighted by atomic mass is 16.4. The van der Waals surface area contributed by atoms with Gasteiger partial charge in [-0.05, 0) is 69.6 Å². The maximum atomic E-state index is 13.3. The summed E-state index contributed by atoms with van der Waals surface area (Å²) < 4.78 is 1.56. The number of aromatic nitrogens is 2. The van der Waals surface area contributed by atoms with Gasteiger partial charge < -0.3 is 5.11 Å². The second-order valence-electron chi connectivity index (χ2n) is 8.39. The molecule has 0 bridgehead atoms. The van der Waals surface area contributed by atoms with Gasteiger partial charge in [0.15, 0.2) is 5.82 Å². The zero-order chi connectivity index (χ0) is 21.1. The third kappa shape index (κ3) is 4.52. The largest absolute Gasteiger partial charge is 0.477 e. The van der Waals surface area contributed by atoms with E-state index in [1.807, 2.05) is 38.1 Å². The van der Waals surface area contributed by atoms with Crippen molar-refractivity contribution in [2.75, 3.05) is 4.90 Å². The highest BCUT2D eigenvalue weighted by molar-refractivity contribution is 6.01. The van der Waals surface area contributed by atoms with Gasteiger partial charge in [-0.1, -0.05) is 26.0 Å². The lowest BCUT2D eigenvalue weighted by Crippen LogP contribution is -2.43. The van der Waals surface area contributed by atoms with Gasteiger partial charge in [0.1, 0.15) is 5.56 Å². The Morgan fingerprint density at radius 2 is 1.79 bits per heavy atom. The molecule has 2 aromatic rings. The normalized spacial score (nSPS) is 19.3. The number of carbonyl (C=O) groups is 2. The van der Waals surface area contributed by atoms with Crippen LogP contribution < -0.4 is 4.90 Å². The van der Waals surface area contributed by atoms with E-state index in [2.05, 4.69) is 18.9 Å². The van der Waals surface area contributed by atoms with Gasteiger partial charge in [-0.25, -0.2) is 9.48 Å². The quantitative estimate of drug-likeness (QED) is 0.766. The molecule has 0 saturated heterocycles. The third-order valence-electron chi connectivity index (χ3n) is 5.88. The fraction of sp³-hybridized carbons (Fsp3) is 0.522. The number of carboxylic acids is 1. The number of aryl methyl sites for hydroxylation is 1. The van der Waals surface area contributed by atoms with E-state index in [0.717, 1.165) is 37.8 Å². The number of hydrogen-bond donors (Lipinski definition) is 1. The van der Waals surface area contributed by atoms with E-state index in [4.69, 9.17) is 0 Å². The fourth-order valence-electron chi connectivity index (χ4n) is 4.02. The lowest BCUT2D eigenvalue weighted by atomic mass is 9.82. The van der Waals surface area contributed by atoms with Crippen molar-refractivity contribution in [2.24, 2.45) is 11.8 Å². The van der Waals surface area contributed by atoms with Gasteiger partial charge in [-0.3, -0.25) is 9.69 Å². The summed E-state index contributed by atoms with van der Waals surface area (Å²) in [7, 11) is 0. The summed E-state index contributed by atoms with van der Waals surface area (Å²) >= 11 is 0. The van der Waals surface area contributed by atoms with Crippen LogP contribution in [0.5, 0.6) is 0 Å². The van der Waals surface area contributed by atoms with Crippen molar-refractivity contribution in [3.05, 3.63) is 41.6 Å². The molecule has 0 atom stereocenters. The van der Waals surface area contributed by atoms with Crippen LogP contribution in [0.3, 0.4) is 0 Å². The molecule has 0 unspecified atom stereocenters. The first-order valence-corrected chi connectivity index (χ1v) is 10.6. The summed E-state index contributed by atoms with van der Waals surface area (Å²) in [5.41, 5.74) is 2.03. The molecule has 6 nitrogen and oxygen atoms in total. The number of nitrogens with zero attached hydrogens (tertiary/aromatic N) is 3. The molecular weight excluding hydrogens is 366 g/mol. The van der Waals surface area contributed by atoms with Gasteiger partial charge >= 0.3 is 5.97 Å². The molecule has 1 aromatic heterocycles. The molecule has 0 aliphatic heterocycles. The van der Waals surface area contributed by atoms with Gasteiger partial charge in [0, 0.05) is 18.2 Å². The summed E-state index contributed by atoms with van der Waals surface area (Å²) in [4.78, 5) is 26.9. The van der Waals surface area contributed by atoms with Crippen LogP contribution in [0.2, 0.25) is 0 Å². The number of carboxylic acid groups (broad SMARTS) is 1. The minimum absolute atomic E-state index is 0.0130. The number of aromatic carboxylic acids is 1. The molecule has 156 valence electrons. The molecule has 1 aromatic carbocycles. The molecule has 0 spiro atoms. The molecule has 1 aliphatic carbocycles. The average Bonchev–Trinajstić information content (AvgIpc) is 3.13. The first-order valence-electron chi connectivity index (χ1n) is 10.6. The number of benzene rings is 1. The molecular formula is C23H31N3O3. The standard InChI is InChI=1S/C23H31N3O3/c1-5-17-8-12-19(13-9-17)25-14-20(23(28)29)21(24-25)26(15(2)3)22(27)18-10-6-16(4)7-11-18/h8-9,12-16,18H,5-7,10-11H2,1-4H3,(H,28,29)/t16-,18-. The predicted octanol–water partition coefficient (Wildman–Crippen LogP) is 4.70. The Bertz CT molecular complexity index is 862. The SMILES string of the molecule is CCc1ccc(-n2cc(C(=O)O)c(N(C(=O)[C@H]3CC[C@H](C)CC3)C(C)C)n2)cc1. The van der Waals surface area contributed by atoms with E-state index in [-0.39, 0.29) is 29.2 Å². The molecule has 0 radical (unpaired) electrons. The summed E-state index contributed by atoms with van der Waals surface area (Å²) in [6.07, 6.45) is 6.21. The van der Waals surface area contributed by atoms with E-state index in [9.17, 15) is 14.7 Å². The second kappa shape index (κ2) is 8.80. The maximum absolute atomic E-state index is 13.3. The van der Waals surface area contributed by atoms with E-state index >= 15 is 0 Å². The maximum Gasteiger partial charge on any atom is 0.341 e. The molecule has 1 amide bonds. The van der Waals surface area contributed by atoms with E-state index in [1.54, 1.807) is 9.58 Å². The molecule has 1 N–H and O–H groups in total. The number of hydrogen-bond acceptors (Lipinski definition) is 3. The third-order valence-corrected chi connectivity index (χ3v) is 5.88. The van der Waals surface area contributed by atoms with Gasteiger partial charge in [0.25, 0.3) is 0 Å². The zero-order valence-electron chi connectivity index (χ0n) is 17.8. The molecule has 1 saturated carbocycles. The van der Waals surface area contributed by atoms with Crippen LogP contribution >= 0.6 is 0 Å². The van der Waals surface area contributed by atoms with Gasteiger partial charge in [-0.2, -0.15) is 0 Å². The van der Waals surface area contributed by atoms with E-state index in [1.165, 1.54) is 11.8 Å². The average molecular weight is 398 g/mol. The number of rotatable bonds is 6. The van der Waals surface area contributed by atoms with Crippen LogP contribution in [-0.4, -0.2) is 32.8 Å². The molecule has 3 rings (SSSR count). The van der Waals surface area contributed by atoms with Crippen molar-refractivity contribution in [1.29, 1.82) is 0 Å². The van der Waals surface area contributed by atoms with Crippen LogP contribution in [-0.2, 0) is 11.2 Å². The summed E-state index contributed by atoms with van der Waals surface area (Å²) in [6, 6.07) is 7.68. The predicted molar refractivity (Wildman–Crippen MR) is 114 cm³/mol. The van der Waals surface area contributed by atoms with Gasteiger partial charge in [0.05, 0.1) is 5.69 Å². The van der Waals surface area contributed by atoms with E-state index in [0.29, 0.717) is 5.92 Å². The topological polar surface area (TPSA) is 75.4 Å². The molecule has 29 heavy (non-hydrogen) atoms. The fourth-order valence-corrected chi connectivity index (χ4v) is 4.02. The lowest BCUT2D eigenvalue weighted by molar-refractivity contribution is -0.123. The first-order chi connectivity index (χ1) is 13.8. The Labute approximate surface area is 172 Å². The van der Waals surface area contributed by atoms with E-state index < -0.39 is 5.97 Å². The first kappa shape index (κ1) is 21.1. The summed E-state index contributed by atoms with van der Waals surface area (Å²) in [5.74, 6) is -0.278. The van der Waals surface area contributed by atoms with Crippen molar-refractivity contribution in [2.45, 2.75) is 65.8 Å².